The second-order valence-corrected chi connectivity index (χ2v) is 5.29. The zero-order valence-corrected chi connectivity index (χ0v) is 13.0. The maximum absolute atomic E-state index is 5.92. The van der Waals surface area contributed by atoms with Gasteiger partial charge in [0.2, 0.25) is 0 Å². The largest absolute Gasteiger partial charge is 0.497 e. The van der Waals surface area contributed by atoms with E-state index in [1.165, 1.54) is 0 Å². The molecule has 3 heteroatoms. The van der Waals surface area contributed by atoms with Gasteiger partial charge in [-0.1, -0.05) is 42.5 Å². The number of nitrogens with two attached hydrogens (primary N) is 1. The van der Waals surface area contributed by atoms with E-state index in [9.17, 15) is 0 Å². The third-order valence-corrected chi connectivity index (χ3v) is 3.61. The summed E-state index contributed by atoms with van der Waals surface area (Å²) in [6, 6.07) is 23.7. The van der Waals surface area contributed by atoms with E-state index in [1.807, 2.05) is 72.8 Å². The molecule has 0 spiro atoms. The Kier molecular flexibility index (Phi) is 4.48. The molecule has 0 radical (unpaired) electrons. The molecular weight excluding hydrogens is 286 g/mol. The van der Waals surface area contributed by atoms with Crippen LogP contribution in [0.25, 0.3) is 11.1 Å². The maximum Gasteiger partial charge on any atom is 0.124 e. The number of anilines is 1. The van der Waals surface area contributed by atoms with Crippen molar-refractivity contribution in [1.29, 1.82) is 0 Å². The van der Waals surface area contributed by atoms with Gasteiger partial charge in [-0.15, -0.1) is 0 Å². The first-order valence-electron chi connectivity index (χ1n) is 7.46. The van der Waals surface area contributed by atoms with Crippen molar-refractivity contribution >= 4 is 5.69 Å². The average Bonchev–Trinajstić information content (AvgIpc) is 2.61. The fourth-order valence-corrected chi connectivity index (χ4v) is 2.36. The van der Waals surface area contributed by atoms with Crippen molar-refractivity contribution < 1.29 is 9.47 Å². The van der Waals surface area contributed by atoms with Crippen molar-refractivity contribution in [2.75, 3.05) is 12.8 Å². The first-order valence-corrected chi connectivity index (χ1v) is 7.46. The highest BCUT2D eigenvalue weighted by Crippen LogP contribution is 2.30. The third kappa shape index (κ3) is 3.83. The van der Waals surface area contributed by atoms with Crippen LogP contribution in [0.15, 0.2) is 72.8 Å². The third-order valence-electron chi connectivity index (χ3n) is 3.61. The van der Waals surface area contributed by atoms with Crippen molar-refractivity contribution in [3.63, 3.8) is 0 Å². The smallest absolute Gasteiger partial charge is 0.124 e. The van der Waals surface area contributed by atoms with Crippen LogP contribution in [0.1, 0.15) is 5.56 Å². The van der Waals surface area contributed by atoms with E-state index in [1.54, 1.807) is 7.11 Å². The quantitative estimate of drug-likeness (QED) is 0.705. The zero-order valence-electron chi connectivity index (χ0n) is 13.0. The molecule has 0 heterocycles. The molecule has 3 nitrogen and oxygen atoms in total. The van der Waals surface area contributed by atoms with Crippen LogP contribution < -0.4 is 15.2 Å². The fourth-order valence-electron chi connectivity index (χ4n) is 2.36. The van der Waals surface area contributed by atoms with Gasteiger partial charge in [0.1, 0.15) is 18.1 Å². The first kappa shape index (κ1) is 15.0. The summed E-state index contributed by atoms with van der Waals surface area (Å²) in [6.07, 6.45) is 0. The van der Waals surface area contributed by atoms with E-state index < -0.39 is 0 Å². The Bertz CT molecular complexity index is 767. The summed E-state index contributed by atoms with van der Waals surface area (Å²) < 4.78 is 11.3. The predicted octanol–water partition coefficient (Wildman–Crippen LogP) is 4.52. The minimum atomic E-state index is 0.523. The fraction of sp³-hybridized carbons (Fsp3) is 0.100. The van der Waals surface area contributed by atoms with E-state index in [0.717, 1.165) is 33.9 Å². The molecule has 116 valence electrons. The van der Waals surface area contributed by atoms with Gasteiger partial charge in [0.05, 0.1) is 7.11 Å². The number of nitrogen functional groups attached to an aromatic ring is 1. The normalized spacial score (nSPS) is 10.3. The molecule has 0 aliphatic carbocycles. The molecule has 3 aromatic carbocycles. The molecule has 3 aromatic rings. The minimum Gasteiger partial charge on any atom is -0.497 e. The average molecular weight is 305 g/mol. The molecular formula is C20H19NO2. The van der Waals surface area contributed by atoms with Gasteiger partial charge in [-0.3, -0.25) is 0 Å². The molecule has 0 aromatic heterocycles. The molecule has 2 N–H and O–H groups in total. The molecule has 0 aliphatic heterocycles. The lowest BCUT2D eigenvalue weighted by atomic mass is 10.0. The molecule has 0 aliphatic rings. The van der Waals surface area contributed by atoms with Gasteiger partial charge < -0.3 is 15.2 Å². The number of methoxy groups -OCH3 is 1. The topological polar surface area (TPSA) is 44.5 Å². The highest BCUT2D eigenvalue weighted by Gasteiger charge is 2.05. The SMILES string of the molecule is COc1cc(OCc2ccccc2)cc(-c2ccc(N)cc2)c1. The predicted molar refractivity (Wildman–Crippen MR) is 93.6 cm³/mol. The van der Waals surface area contributed by atoms with Gasteiger partial charge in [0.15, 0.2) is 0 Å². The summed E-state index contributed by atoms with van der Waals surface area (Å²) >= 11 is 0. The van der Waals surface area contributed by atoms with Crippen LogP contribution in [0.5, 0.6) is 11.5 Å². The zero-order chi connectivity index (χ0) is 16.1. The van der Waals surface area contributed by atoms with Gasteiger partial charge in [-0.25, -0.2) is 0 Å². The van der Waals surface area contributed by atoms with Gasteiger partial charge in [0.25, 0.3) is 0 Å². The van der Waals surface area contributed by atoms with Crippen LogP contribution in [0, 0.1) is 0 Å². The van der Waals surface area contributed by atoms with Gasteiger partial charge in [-0.05, 0) is 41.0 Å². The summed E-state index contributed by atoms with van der Waals surface area (Å²) in [5.41, 5.74) is 9.74. The standard InChI is InChI=1S/C20H19NO2/c1-22-19-11-17(16-7-9-18(21)10-8-16)12-20(13-19)23-14-15-5-3-2-4-6-15/h2-13H,14,21H2,1H3. The van der Waals surface area contributed by atoms with Crippen LogP contribution in [0.3, 0.4) is 0 Å². The number of hydrogen-bond acceptors (Lipinski definition) is 3. The summed E-state index contributed by atoms with van der Waals surface area (Å²) in [6.45, 7) is 0.523. The second kappa shape index (κ2) is 6.88. The molecule has 0 amide bonds. The Balaban J connectivity index is 1.85. The van der Waals surface area contributed by atoms with E-state index >= 15 is 0 Å². The van der Waals surface area contributed by atoms with Crippen molar-refractivity contribution in [3.8, 4) is 22.6 Å². The Morgan fingerprint density at radius 1 is 0.783 bits per heavy atom. The maximum atomic E-state index is 5.92. The van der Waals surface area contributed by atoms with Crippen molar-refractivity contribution in [3.05, 3.63) is 78.4 Å². The number of rotatable bonds is 5. The number of benzene rings is 3. The highest BCUT2D eigenvalue weighted by molar-refractivity contribution is 5.68. The summed E-state index contributed by atoms with van der Waals surface area (Å²) in [5.74, 6) is 1.54. The molecule has 0 fully saturated rings. The van der Waals surface area contributed by atoms with Crippen LogP contribution in [-0.2, 0) is 6.61 Å². The van der Waals surface area contributed by atoms with Crippen LogP contribution in [-0.4, -0.2) is 7.11 Å². The minimum absolute atomic E-state index is 0.523. The van der Waals surface area contributed by atoms with E-state index in [-0.39, 0.29) is 0 Å². The van der Waals surface area contributed by atoms with Crippen LogP contribution in [0.2, 0.25) is 0 Å². The molecule has 0 unspecified atom stereocenters. The molecule has 23 heavy (non-hydrogen) atoms. The Morgan fingerprint density at radius 3 is 2.17 bits per heavy atom. The lowest BCUT2D eigenvalue weighted by molar-refractivity contribution is 0.304. The van der Waals surface area contributed by atoms with E-state index in [4.69, 9.17) is 15.2 Å². The Hall–Kier alpha value is -2.94. The van der Waals surface area contributed by atoms with Crippen molar-refractivity contribution in [2.24, 2.45) is 0 Å². The van der Waals surface area contributed by atoms with E-state index in [0.29, 0.717) is 6.61 Å². The lowest BCUT2D eigenvalue weighted by Crippen LogP contribution is -1.96. The highest BCUT2D eigenvalue weighted by atomic mass is 16.5. The summed E-state index contributed by atoms with van der Waals surface area (Å²) in [5, 5.41) is 0. The Labute approximate surface area is 136 Å². The van der Waals surface area contributed by atoms with Crippen molar-refractivity contribution in [2.45, 2.75) is 6.61 Å². The molecule has 0 bridgehead atoms. The molecule has 0 saturated carbocycles. The molecule has 0 saturated heterocycles. The van der Waals surface area contributed by atoms with Crippen LogP contribution >= 0.6 is 0 Å². The van der Waals surface area contributed by atoms with Gasteiger partial charge in [-0.2, -0.15) is 0 Å². The number of hydrogen-bond donors (Lipinski definition) is 1. The van der Waals surface area contributed by atoms with Crippen molar-refractivity contribution in [1.82, 2.24) is 0 Å². The monoisotopic (exact) mass is 305 g/mol. The van der Waals surface area contributed by atoms with Crippen LogP contribution in [0.4, 0.5) is 5.69 Å². The summed E-state index contributed by atoms with van der Waals surface area (Å²) in [4.78, 5) is 0. The second-order valence-electron chi connectivity index (χ2n) is 5.29. The lowest BCUT2D eigenvalue weighted by Gasteiger charge is -2.11. The number of ether oxygens (including phenoxy) is 2. The molecule has 3 rings (SSSR count). The van der Waals surface area contributed by atoms with Gasteiger partial charge >= 0.3 is 0 Å². The van der Waals surface area contributed by atoms with Gasteiger partial charge in [0, 0.05) is 11.8 Å². The molecule has 0 atom stereocenters. The Morgan fingerprint density at radius 2 is 1.48 bits per heavy atom. The first-order chi connectivity index (χ1) is 11.2. The summed E-state index contributed by atoms with van der Waals surface area (Å²) in [7, 11) is 1.66. The van der Waals surface area contributed by atoms with E-state index in [2.05, 4.69) is 0 Å².